The molecule has 1 rings (SSSR count). The fourth-order valence-electron chi connectivity index (χ4n) is 1.56. The predicted molar refractivity (Wildman–Crippen MR) is 73.6 cm³/mol. The van der Waals surface area contributed by atoms with Gasteiger partial charge in [-0.2, -0.15) is 0 Å². The third kappa shape index (κ3) is 2.90. The second-order valence-corrected chi connectivity index (χ2v) is 7.21. The Morgan fingerprint density at radius 2 is 1.61 bits per heavy atom. The monoisotopic (exact) mass is 268 g/mol. The summed E-state index contributed by atoms with van der Waals surface area (Å²) >= 11 is 0. The smallest absolute Gasteiger partial charge is 0.382 e. The number of para-hydroxylation sites is 1. The Balaban J connectivity index is 3.23. The van der Waals surface area contributed by atoms with E-state index < -0.39 is 8.72 Å². The highest BCUT2D eigenvalue weighted by Gasteiger charge is 2.43. The summed E-state index contributed by atoms with van der Waals surface area (Å²) in [7, 11) is 3.79. The number of rotatable bonds is 4. The number of carbonyl (C=O) groups excluding carboxylic acids is 1. The maximum Gasteiger partial charge on any atom is 0.464 e. The first kappa shape index (κ1) is 14.7. The van der Waals surface area contributed by atoms with Crippen molar-refractivity contribution < 1.29 is 13.6 Å². The van der Waals surface area contributed by atoms with E-state index in [-0.39, 0.29) is 6.03 Å². The molecule has 0 unspecified atom stereocenters. The highest BCUT2D eigenvalue weighted by Crippen LogP contribution is 2.23. The standard InChI is InChI=1S/C12H20N2O3Si/c1-13(2)12(15)14(18(5,16-3)17-4)11-9-7-6-8-10-11/h6-10H,1-5H3. The van der Waals surface area contributed by atoms with E-state index in [2.05, 4.69) is 0 Å². The minimum Gasteiger partial charge on any atom is -0.382 e. The van der Waals surface area contributed by atoms with E-state index >= 15 is 0 Å². The summed E-state index contributed by atoms with van der Waals surface area (Å²) in [4.78, 5) is 13.8. The Kier molecular flexibility index (Phi) is 4.89. The van der Waals surface area contributed by atoms with Crippen LogP contribution in [0.1, 0.15) is 0 Å². The van der Waals surface area contributed by atoms with Crippen molar-refractivity contribution in [2.45, 2.75) is 6.55 Å². The Bertz CT molecular complexity index is 394. The van der Waals surface area contributed by atoms with Gasteiger partial charge in [0.25, 0.3) is 0 Å². The van der Waals surface area contributed by atoms with Gasteiger partial charge in [-0.15, -0.1) is 0 Å². The van der Waals surface area contributed by atoms with Crippen molar-refractivity contribution in [3.8, 4) is 0 Å². The average Bonchev–Trinajstić information content (AvgIpc) is 2.39. The van der Waals surface area contributed by atoms with Gasteiger partial charge >= 0.3 is 14.8 Å². The summed E-state index contributed by atoms with van der Waals surface area (Å²) in [5.74, 6) is 0. The fraction of sp³-hybridized carbons (Fsp3) is 0.417. The van der Waals surface area contributed by atoms with Crippen LogP contribution in [-0.2, 0) is 8.85 Å². The number of hydrogen-bond acceptors (Lipinski definition) is 3. The summed E-state index contributed by atoms with van der Waals surface area (Å²) in [5.41, 5.74) is 0.772. The first-order valence-electron chi connectivity index (χ1n) is 5.63. The molecule has 1 aromatic carbocycles. The maximum atomic E-state index is 12.3. The number of urea groups is 1. The molecular weight excluding hydrogens is 248 g/mol. The number of benzene rings is 1. The Morgan fingerprint density at radius 3 is 2.00 bits per heavy atom. The topological polar surface area (TPSA) is 42.0 Å². The lowest BCUT2D eigenvalue weighted by molar-refractivity contribution is 0.213. The van der Waals surface area contributed by atoms with Crippen LogP contribution in [0.15, 0.2) is 30.3 Å². The third-order valence-electron chi connectivity index (χ3n) is 2.75. The number of amides is 2. The van der Waals surface area contributed by atoms with Crippen LogP contribution in [0.2, 0.25) is 6.55 Å². The van der Waals surface area contributed by atoms with Crippen molar-refractivity contribution in [1.82, 2.24) is 4.90 Å². The first-order valence-corrected chi connectivity index (χ1v) is 7.89. The van der Waals surface area contributed by atoms with Crippen molar-refractivity contribution in [3.05, 3.63) is 30.3 Å². The second kappa shape index (κ2) is 5.99. The Morgan fingerprint density at radius 1 is 1.11 bits per heavy atom. The zero-order valence-corrected chi connectivity index (χ0v) is 12.5. The fourth-order valence-corrected chi connectivity index (χ4v) is 3.26. The third-order valence-corrected chi connectivity index (χ3v) is 5.53. The zero-order valence-electron chi connectivity index (χ0n) is 11.5. The molecule has 100 valence electrons. The van der Waals surface area contributed by atoms with E-state index in [1.165, 1.54) is 4.90 Å². The highest BCUT2D eigenvalue weighted by molar-refractivity contribution is 6.74. The second-order valence-electron chi connectivity index (χ2n) is 4.15. The van der Waals surface area contributed by atoms with Gasteiger partial charge in [0.05, 0.1) is 0 Å². The Labute approximate surface area is 109 Å². The van der Waals surface area contributed by atoms with Crippen LogP contribution in [-0.4, -0.2) is 48.0 Å². The normalized spacial score (nSPS) is 11.2. The highest BCUT2D eigenvalue weighted by atomic mass is 28.4. The van der Waals surface area contributed by atoms with E-state index in [9.17, 15) is 4.79 Å². The Hall–Kier alpha value is -1.37. The summed E-state index contributed by atoms with van der Waals surface area (Å²) in [6.07, 6.45) is 0. The molecule has 0 spiro atoms. The van der Waals surface area contributed by atoms with Crippen LogP contribution >= 0.6 is 0 Å². The SMILES string of the molecule is CO[Si](C)(OC)N(C(=O)N(C)C)c1ccccc1. The van der Waals surface area contributed by atoms with E-state index in [4.69, 9.17) is 8.85 Å². The van der Waals surface area contributed by atoms with Crippen molar-refractivity contribution in [2.75, 3.05) is 32.9 Å². The molecule has 0 heterocycles. The molecule has 0 bridgehead atoms. The molecule has 0 aliphatic carbocycles. The van der Waals surface area contributed by atoms with Gasteiger partial charge in [0.15, 0.2) is 0 Å². The summed E-state index contributed by atoms with van der Waals surface area (Å²) in [6, 6.07) is 9.24. The van der Waals surface area contributed by atoms with Crippen LogP contribution in [0.4, 0.5) is 10.5 Å². The van der Waals surface area contributed by atoms with Crippen LogP contribution in [0.25, 0.3) is 0 Å². The largest absolute Gasteiger partial charge is 0.464 e. The van der Waals surface area contributed by atoms with E-state index in [1.807, 2.05) is 36.9 Å². The molecule has 0 N–H and O–H groups in total. The van der Waals surface area contributed by atoms with E-state index in [0.717, 1.165) is 5.69 Å². The molecule has 1 aromatic rings. The molecule has 2 amide bonds. The predicted octanol–water partition coefficient (Wildman–Crippen LogP) is 2.04. The molecule has 0 radical (unpaired) electrons. The molecule has 5 nitrogen and oxygen atoms in total. The van der Waals surface area contributed by atoms with Crippen molar-refractivity contribution >= 4 is 20.4 Å². The van der Waals surface area contributed by atoms with Gasteiger partial charge in [0.2, 0.25) is 0 Å². The number of carbonyl (C=O) groups is 1. The number of nitrogens with zero attached hydrogens (tertiary/aromatic N) is 2. The van der Waals surface area contributed by atoms with Crippen molar-refractivity contribution in [2.24, 2.45) is 0 Å². The van der Waals surface area contributed by atoms with Gasteiger partial charge in [-0.1, -0.05) is 18.2 Å². The average molecular weight is 268 g/mol. The van der Waals surface area contributed by atoms with E-state index in [0.29, 0.717) is 0 Å². The lowest BCUT2D eigenvalue weighted by Gasteiger charge is -2.36. The van der Waals surface area contributed by atoms with Crippen LogP contribution in [0, 0.1) is 0 Å². The summed E-state index contributed by atoms with van der Waals surface area (Å²) < 4.78 is 12.5. The molecular formula is C12H20N2O3Si. The summed E-state index contributed by atoms with van der Waals surface area (Å²) in [5, 5.41) is 0. The van der Waals surface area contributed by atoms with Gasteiger partial charge in [-0.3, -0.25) is 4.57 Å². The maximum absolute atomic E-state index is 12.3. The molecule has 18 heavy (non-hydrogen) atoms. The number of hydrogen-bond donors (Lipinski definition) is 0. The van der Waals surface area contributed by atoms with Crippen LogP contribution in [0.3, 0.4) is 0 Å². The van der Waals surface area contributed by atoms with Gasteiger partial charge in [0, 0.05) is 40.5 Å². The molecule has 0 fully saturated rings. The molecule has 0 aliphatic rings. The van der Waals surface area contributed by atoms with Gasteiger partial charge in [-0.05, 0) is 12.1 Å². The molecule has 0 saturated carbocycles. The van der Waals surface area contributed by atoms with Gasteiger partial charge < -0.3 is 13.8 Å². The first-order chi connectivity index (χ1) is 8.46. The number of anilines is 1. The summed E-state index contributed by atoms with van der Waals surface area (Å²) in [6.45, 7) is 1.83. The quantitative estimate of drug-likeness (QED) is 0.785. The zero-order chi connectivity index (χ0) is 13.8. The van der Waals surface area contributed by atoms with E-state index in [1.54, 1.807) is 32.9 Å². The van der Waals surface area contributed by atoms with Crippen LogP contribution < -0.4 is 4.57 Å². The lowest BCUT2D eigenvalue weighted by Crippen LogP contribution is -2.60. The minimum absolute atomic E-state index is 0.154. The molecule has 6 heteroatoms. The van der Waals surface area contributed by atoms with Crippen molar-refractivity contribution in [3.63, 3.8) is 0 Å². The molecule has 0 aliphatic heterocycles. The lowest BCUT2D eigenvalue weighted by atomic mass is 10.3. The molecule has 0 aromatic heterocycles. The van der Waals surface area contributed by atoms with Gasteiger partial charge in [0.1, 0.15) is 0 Å². The van der Waals surface area contributed by atoms with Crippen molar-refractivity contribution in [1.29, 1.82) is 0 Å². The molecule has 0 saturated heterocycles. The van der Waals surface area contributed by atoms with Crippen LogP contribution in [0.5, 0.6) is 0 Å². The molecule has 0 atom stereocenters. The van der Waals surface area contributed by atoms with Gasteiger partial charge in [-0.25, -0.2) is 4.79 Å². The minimum atomic E-state index is -2.75.